The normalized spacial score (nSPS) is 10.6. The summed E-state index contributed by atoms with van der Waals surface area (Å²) in [6, 6.07) is 11.2. The summed E-state index contributed by atoms with van der Waals surface area (Å²) in [5.74, 6) is 0. The second-order valence-electron chi connectivity index (χ2n) is 4.34. The van der Waals surface area contributed by atoms with Gasteiger partial charge in [0.15, 0.2) is 0 Å². The Hall–Kier alpha value is -1.62. The van der Waals surface area contributed by atoms with Gasteiger partial charge in [-0.05, 0) is 30.3 Å². The first-order valence-corrected chi connectivity index (χ1v) is 7.90. The van der Waals surface area contributed by atoms with Crippen molar-refractivity contribution in [1.82, 2.24) is 9.97 Å². The predicted octanol–water partition coefficient (Wildman–Crippen LogP) is 5.12. The van der Waals surface area contributed by atoms with Crippen LogP contribution in [0.15, 0.2) is 48.0 Å². The molecule has 0 aliphatic rings. The van der Waals surface area contributed by atoms with E-state index in [1.807, 2.05) is 29.6 Å². The van der Waals surface area contributed by atoms with Crippen LogP contribution in [0.2, 0.25) is 10.0 Å². The summed E-state index contributed by atoms with van der Waals surface area (Å²) in [7, 11) is 0. The summed E-state index contributed by atoms with van der Waals surface area (Å²) < 4.78 is 0. The Morgan fingerprint density at radius 3 is 2.81 bits per heavy atom. The van der Waals surface area contributed by atoms with Gasteiger partial charge in [-0.25, -0.2) is 4.98 Å². The van der Waals surface area contributed by atoms with Crippen LogP contribution in [-0.2, 0) is 6.54 Å². The second kappa shape index (κ2) is 6.43. The van der Waals surface area contributed by atoms with Crippen LogP contribution in [-0.4, -0.2) is 9.97 Å². The highest BCUT2D eigenvalue weighted by Crippen LogP contribution is 2.26. The lowest BCUT2D eigenvalue weighted by Crippen LogP contribution is -2.00. The third kappa shape index (κ3) is 3.53. The van der Waals surface area contributed by atoms with Crippen molar-refractivity contribution >= 4 is 40.2 Å². The molecule has 106 valence electrons. The summed E-state index contributed by atoms with van der Waals surface area (Å²) in [5.41, 5.74) is 2.68. The van der Waals surface area contributed by atoms with Crippen molar-refractivity contribution in [1.29, 1.82) is 0 Å². The fourth-order valence-corrected chi connectivity index (χ4v) is 3.08. The zero-order valence-corrected chi connectivity index (χ0v) is 13.2. The lowest BCUT2D eigenvalue weighted by Gasteiger charge is -2.06. The Morgan fingerprint density at radius 1 is 1.14 bits per heavy atom. The lowest BCUT2D eigenvalue weighted by molar-refractivity contribution is 1.07. The van der Waals surface area contributed by atoms with Crippen molar-refractivity contribution < 1.29 is 0 Å². The topological polar surface area (TPSA) is 37.8 Å². The Morgan fingerprint density at radius 2 is 2.05 bits per heavy atom. The predicted molar refractivity (Wildman–Crippen MR) is 89.1 cm³/mol. The Bertz CT molecular complexity index is 744. The molecular formula is C15H11Cl2N3S. The molecule has 0 aliphatic carbocycles. The number of hydrogen-bond acceptors (Lipinski definition) is 4. The first-order valence-electron chi connectivity index (χ1n) is 6.27. The van der Waals surface area contributed by atoms with E-state index in [0.29, 0.717) is 16.6 Å². The first-order chi connectivity index (χ1) is 10.2. The molecule has 3 aromatic rings. The maximum atomic E-state index is 6.12. The third-order valence-electron chi connectivity index (χ3n) is 2.83. The van der Waals surface area contributed by atoms with Crippen LogP contribution >= 0.6 is 34.5 Å². The molecule has 21 heavy (non-hydrogen) atoms. The van der Waals surface area contributed by atoms with E-state index in [1.165, 1.54) is 0 Å². The van der Waals surface area contributed by atoms with E-state index in [1.54, 1.807) is 29.7 Å². The summed E-state index contributed by atoms with van der Waals surface area (Å²) in [6.07, 6.45) is 1.77. The molecule has 6 heteroatoms. The van der Waals surface area contributed by atoms with Crippen LogP contribution in [0.1, 0.15) is 5.69 Å². The number of anilines is 1. The molecule has 0 radical (unpaired) electrons. The second-order valence-corrected chi connectivity index (χ2v) is 6.04. The average molecular weight is 336 g/mol. The van der Waals surface area contributed by atoms with E-state index in [9.17, 15) is 0 Å². The van der Waals surface area contributed by atoms with Crippen molar-refractivity contribution in [2.24, 2.45) is 0 Å². The van der Waals surface area contributed by atoms with E-state index in [0.717, 1.165) is 22.1 Å². The molecule has 1 N–H and O–H groups in total. The number of halogens is 2. The maximum Gasteiger partial charge on any atom is 0.142 e. The van der Waals surface area contributed by atoms with Gasteiger partial charge in [-0.15, -0.1) is 11.3 Å². The van der Waals surface area contributed by atoms with Gasteiger partial charge in [-0.1, -0.05) is 29.3 Å². The molecule has 0 spiro atoms. The SMILES string of the molecule is Clc1ccc(NCc2csc(-c3ccccn3)n2)c(Cl)c1. The molecule has 0 saturated carbocycles. The summed E-state index contributed by atoms with van der Waals surface area (Å²) in [5, 5.41) is 7.40. The third-order valence-corrected chi connectivity index (χ3v) is 4.29. The minimum absolute atomic E-state index is 0.600. The Kier molecular flexibility index (Phi) is 4.39. The molecular weight excluding hydrogens is 325 g/mol. The number of pyridine rings is 1. The first kappa shape index (κ1) is 14.3. The molecule has 3 rings (SSSR count). The Labute approximate surface area is 136 Å². The van der Waals surface area contributed by atoms with E-state index < -0.39 is 0 Å². The fourth-order valence-electron chi connectivity index (χ4n) is 1.81. The minimum atomic E-state index is 0.600. The molecule has 3 nitrogen and oxygen atoms in total. The molecule has 0 unspecified atom stereocenters. The van der Waals surface area contributed by atoms with Crippen LogP contribution in [0.3, 0.4) is 0 Å². The molecule has 0 aliphatic heterocycles. The standard InChI is InChI=1S/C15H11Cl2N3S/c16-10-4-5-13(12(17)7-10)19-8-11-9-21-15(20-11)14-3-1-2-6-18-14/h1-7,9,19H,8H2. The van der Waals surface area contributed by atoms with E-state index in [2.05, 4.69) is 15.3 Å². The van der Waals surface area contributed by atoms with Gasteiger partial charge >= 0.3 is 0 Å². The highest BCUT2D eigenvalue weighted by atomic mass is 35.5. The summed E-state index contributed by atoms with van der Waals surface area (Å²) in [6.45, 7) is 0.602. The molecule has 0 saturated heterocycles. The molecule has 0 bridgehead atoms. The number of rotatable bonds is 4. The lowest BCUT2D eigenvalue weighted by atomic mass is 10.3. The smallest absolute Gasteiger partial charge is 0.142 e. The van der Waals surface area contributed by atoms with E-state index >= 15 is 0 Å². The Balaban J connectivity index is 1.70. The quantitative estimate of drug-likeness (QED) is 0.718. The highest BCUT2D eigenvalue weighted by Gasteiger charge is 2.06. The largest absolute Gasteiger partial charge is 0.378 e. The van der Waals surface area contributed by atoms with Crippen molar-refractivity contribution in [3.63, 3.8) is 0 Å². The highest BCUT2D eigenvalue weighted by molar-refractivity contribution is 7.13. The molecule has 0 atom stereocenters. The number of thiazole rings is 1. The van der Waals surface area contributed by atoms with Gasteiger partial charge in [-0.3, -0.25) is 4.98 Å². The number of nitrogens with zero attached hydrogens (tertiary/aromatic N) is 2. The number of aromatic nitrogens is 2. The van der Waals surface area contributed by atoms with Gasteiger partial charge in [0.2, 0.25) is 0 Å². The zero-order chi connectivity index (χ0) is 14.7. The van der Waals surface area contributed by atoms with Crippen molar-refractivity contribution in [3.05, 3.63) is 63.7 Å². The van der Waals surface area contributed by atoms with Gasteiger partial charge in [0, 0.05) is 16.6 Å². The summed E-state index contributed by atoms with van der Waals surface area (Å²) >= 11 is 13.6. The molecule has 2 heterocycles. The number of nitrogens with one attached hydrogen (secondary N) is 1. The van der Waals surface area contributed by atoms with Gasteiger partial charge in [0.05, 0.1) is 28.6 Å². The van der Waals surface area contributed by atoms with Crippen LogP contribution < -0.4 is 5.32 Å². The summed E-state index contributed by atoms with van der Waals surface area (Å²) in [4.78, 5) is 8.86. The molecule has 0 fully saturated rings. The number of hydrogen-bond donors (Lipinski definition) is 1. The minimum Gasteiger partial charge on any atom is -0.378 e. The van der Waals surface area contributed by atoms with Crippen LogP contribution in [0.4, 0.5) is 5.69 Å². The van der Waals surface area contributed by atoms with E-state index in [-0.39, 0.29) is 0 Å². The van der Waals surface area contributed by atoms with E-state index in [4.69, 9.17) is 23.2 Å². The maximum absolute atomic E-state index is 6.12. The zero-order valence-electron chi connectivity index (χ0n) is 10.9. The van der Waals surface area contributed by atoms with Crippen molar-refractivity contribution in [2.75, 3.05) is 5.32 Å². The van der Waals surface area contributed by atoms with Gasteiger partial charge in [0.1, 0.15) is 5.01 Å². The van der Waals surface area contributed by atoms with Crippen LogP contribution in [0.25, 0.3) is 10.7 Å². The van der Waals surface area contributed by atoms with Crippen molar-refractivity contribution in [2.45, 2.75) is 6.54 Å². The average Bonchev–Trinajstić information content (AvgIpc) is 2.96. The molecule has 0 amide bonds. The van der Waals surface area contributed by atoms with Crippen LogP contribution in [0, 0.1) is 0 Å². The van der Waals surface area contributed by atoms with Gasteiger partial charge < -0.3 is 5.32 Å². The van der Waals surface area contributed by atoms with Gasteiger partial charge in [0.25, 0.3) is 0 Å². The van der Waals surface area contributed by atoms with Gasteiger partial charge in [-0.2, -0.15) is 0 Å². The number of benzene rings is 1. The molecule has 2 aromatic heterocycles. The van der Waals surface area contributed by atoms with Crippen LogP contribution in [0.5, 0.6) is 0 Å². The monoisotopic (exact) mass is 335 g/mol. The molecule has 1 aromatic carbocycles. The fraction of sp³-hybridized carbons (Fsp3) is 0.0667. The van der Waals surface area contributed by atoms with Crippen molar-refractivity contribution in [3.8, 4) is 10.7 Å².